The Hall–Kier alpha value is -1.59. The highest BCUT2D eigenvalue weighted by molar-refractivity contribution is 14.0. The Morgan fingerprint density at radius 3 is 2.48 bits per heavy atom. The standard InChI is InChI=1S/C21H36N6O3.HI/c1-15-24-18(30-25-15)8-11-23-19(22-5)26-12-9-17(10-13-26)27(14-16-6-7-16)20(28)29-21(2,3)4;/h16-17H,6-14H2,1-5H3,(H,22,23);1H. The number of hydrogen-bond acceptors (Lipinski definition) is 6. The van der Waals surface area contributed by atoms with Crippen molar-refractivity contribution in [3.63, 3.8) is 0 Å². The molecule has 0 aromatic carbocycles. The predicted octanol–water partition coefficient (Wildman–Crippen LogP) is 3.23. The van der Waals surface area contributed by atoms with Crippen LogP contribution in [0.4, 0.5) is 4.79 Å². The van der Waals surface area contributed by atoms with Crippen LogP contribution in [-0.4, -0.2) is 76.9 Å². The highest BCUT2D eigenvalue weighted by Crippen LogP contribution is 2.32. The van der Waals surface area contributed by atoms with Gasteiger partial charge in [-0.25, -0.2) is 4.79 Å². The van der Waals surface area contributed by atoms with E-state index in [1.807, 2.05) is 32.6 Å². The Labute approximate surface area is 202 Å². The van der Waals surface area contributed by atoms with E-state index < -0.39 is 5.60 Å². The molecule has 1 saturated carbocycles. The van der Waals surface area contributed by atoms with Crippen molar-refractivity contribution < 1.29 is 14.1 Å². The van der Waals surface area contributed by atoms with Crippen LogP contribution in [0.15, 0.2) is 9.52 Å². The van der Waals surface area contributed by atoms with Crippen molar-refractivity contribution >= 4 is 36.0 Å². The number of piperidine rings is 1. The van der Waals surface area contributed by atoms with Gasteiger partial charge in [0.05, 0.1) is 0 Å². The third-order valence-corrected chi connectivity index (χ3v) is 5.39. The summed E-state index contributed by atoms with van der Waals surface area (Å²) in [5, 5.41) is 7.19. The summed E-state index contributed by atoms with van der Waals surface area (Å²) in [6.07, 6.45) is 4.74. The van der Waals surface area contributed by atoms with Crippen LogP contribution in [-0.2, 0) is 11.2 Å². The summed E-state index contributed by atoms with van der Waals surface area (Å²) in [7, 11) is 1.80. The molecule has 1 aliphatic carbocycles. The van der Waals surface area contributed by atoms with Gasteiger partial charge in [0.1, 0.15) is 5.60 Å². The number of halogens is 1. The molecule has 2 aliphatic rings. The summed E-state index contributed by atoms with van der Waals surface area (Å²) in [5.41, 5.74) is -0.470. The number of nitrogens with one attached hydrogen (secondary N) is 1. The fourth-order valence-corrected chi connectivity index (χ4v) is 3.72. The number of carbonyl (C=O) groups is 1. The second-order valence-corrected chi connectivity index (χ2v) is 9.25. The van der Waals surface area contributed by atoms with Gasteiger partial charge in [0.25, 0.3) is 0 Å². The van der Waals surface area contributed by atoms with E-state index in [1.165, 1.54) is 12.8 Å². The highest BCUT2D eigenvalue weighted by Gasteiger charge is 2.35. The summed E-state index contributed by atoms with van der Waals surface area (Å²) in [6, 6.07) is 0.219. The minimum absolute atomic E-state index is 0. The maximum atomic E-state index is 12.8. The number of hydrogen-bond donors (Lipinski definition) is 1. The number of aromatic nitrogens is 2. The van der Waals surface area contributed by atoms with Gasteiger partial charge in [0, 0.05) is 45.7 Å². The summed E-state index contributed by atoms with van der Waals surface area (Å²) < 4.78 is 10.8. The molecule has 1 aromatic rings. The normalized spacial score (nSPS) is 17.8. The van der Waals surface area contributed by atoms with Gasteiger partial charge in [-0.1, -0.05) is 5.16 Å². The van der Waals surface area contributed by atoms with E-state index in [0.29, 0.717) is 30.6 Å². The minimum atomic E-state index is -0.470. The van der Waals surface area contributed by atoms with Crippen molar-refractivity contribution in [2.24, 2.45) is 10.9 Å². The molecule has 1 aliphatic heterocycles. The summed E-state index contributed by atoms with van der Waals surface area (Å²) in [6.45, 7) is 10.8. The van der Waals surface area contributed by atoms with Crippen molar-refractivity contribution in [2.45, 2.75) is 71.4 Å². The molecule has 2 heterocycles. The molecule has 1 aromatic heterocycles. The Morgan fingerprint density at radius 2 is 1.97 bits per heavy atom. The lowest BCUT2D eigenvalue weighted by molar-refractivity contribution is 0.00928. The monoisotopic (exact) mass is 548 g/mol. The second-order valence-electron chi connectivity index (χ2n) is 9.25. The lowest BCUT2D eigenvalue weighted by atomic mass is 10.0. The molecule has 0 unspecified atom stereocenters. The molecular formula is C21H37IN6O3. The first-order chi connectivity index (χ1) is 14.2. The van der Waals surface area contributed by atoms with E-state index in [1.54, 1.807) is 7.05 Å². The van der Waals surface area contributed by atoms with Crippen LogP contribution in [0.1, 0.15) is 58.2 Å². The molecule has 0 radical (unpaired) electrons. The van der Waals surface area contributed by atoms with Crippen molar-refractivity contribution in [3.8, 4) is 0 Å². The number of ether oxygens (including phenoxy) is 1. The molecule has 31 heavy (non-hydrogen) atoms. The lowest BCUT2D eigenvalue weighted by Crippen LogP contribution is -2.52. The second kappa shape index (κ2) is 11.3. The molecule has 0 spiro atoms. The number of aliphatic imine (C=N–C) groups is 1. The number of nitrogens with zero attached hydrogens (tertiary/aromatic N) is 5. The van der Waals surface area contributed by atoms with Gasteiger partial charge in [0.15, 0.2) is 11.8 Å². The molecule has 1 saturated heterocycles. The average molecular weight is 548 g/mol. The number of carbonyl (C=O) groups excluding carboxylic acids is 1. The minimum Gasteiger partial charge on any atom is -0.444 e. The summed E-state index contributed by atoms with van der Waals surface area (Å²) >= 11 is 0. The van der Waals surface area contributed by atoms with E-state index in [2.05, 4.69) is 25.3 Å². The Morgan fingerprint density at radius 1 is 1.29 bits per heavy atom. The zero-order chi connectivity index (χ0) is 21.7. The summed E-state index contributed by atoms with van der Waals surface area (Å²) in [4.78, 5) is 25.7. The molecule has 3 rings (SSSR count). The first kappa shape index (κ1) is 25.7. The van der Waals surface area contributed by atoms with E-state index >= 15 is 0 Å². The first-order valence-corrected chi connectivity index (χ1v) is 11.0. The summed E-state index contributed by atoms with van der Waals surface area (Å²) in [5.74, 6) is 2.79. The number of rotatable bonds is 6. The first-order valence-electron chi connectivity index (χ1n) is 11.0. The zero-order valence-electron chi connectivity index (χ0n) is 19.4. The topological polar surface area (TPSA) is 96.1 Å². The molecule has 9 nitrogen and oxygen atoms in total. The number of guanidine groups is 1. The van der Waals surface area contributed by atoms with E-state index in [4.69, 9.17) is 9.26 Å². The van der Waals surface area contributed by atoms with Crippen LogP contribution < -0.4 is 5.32 Å². The van der Waals surface area contributed by atoms with Gasteiger partial charge in [-0.2, -0.15) is 4.98 Å². The van der Waals surface area contributed by atoms with Crippen LogP contribution in [0.5, 0.6) is 0 Å². The van der Waals surface area contributed by atoms with E-state index in [9.17, 15) is 4.79 Å². The molecule has 10 heteroatoms. The van der Waals surface area contributed by atoms with Gasteiger partial charge in [0.2, 0.25) is 5.89 Å². The van der Waals surface area contributed by atoms with Crippen LogP contribution >= 0.6 is 24.0 Å². The maximum Gasteiger partial charge on any atom is 0.410 e. The number of amides is 1. The largest absolute Gasteiger partial charge is 0.444 e. The van der Waals surface area contributed by atoms with Crippen molar-refractivity contribution in [1.82, 2.24) is 25.3 Å². The van der Waals surface area contributed by atoms with Crippen LogP contribution in [0.2, 0.25) is 0 Å². The van der Waals surface area contributed by atoms with Gasteiger partial charge in [-0.3, -0.25) is 4.99 Å². The number of aryl methyl sites for hydroxylation is 1. The van der Waals surface area contributed by atoms with Gasteiger partial charge in [-0.05, 0) is 59.3 Å². The highest BCUT2D eigenvalue weighted by atomic mass is 127. The Kier molecular flexibility index (Phi) is 9.38. The Balaban J connectivity index is 0.00000341. The molecule has 176 valence electrons. The van der Waals surface area contributed by atoms with Crippen molar-refractivity contribution in [3.05, 3.63) is 11.7 Å². The van der Waals surface area contributed by atoms with Gasteiger partial charge < -0.3 is 24.4 Å². The van der Waals surface area contributed by atoms with Crippen molar-refractivity contribution in [1.29, 1.82) is 0 Å². The fourth-order valence-electron chi connectivity index (χ4n) is 3.72. The fraction of sp³-hybridized carbons (Fsp3) is 0.810. The maximum absolute atomic E-state index is 12.8. The van der Waals surface area contributed by atoms with Gasteiger partial charge in [-0.15, -0.1) is 24.0 Å². The molecule has 1 amide bonds. The van der Waals surface area contributed by atoms with Crippen LogP contribution in [0.3, 0.4) is 0 Å². The third-order valence-electron chi connectivity index (χ3n) is 5.39. The average Bonchev–Trinajstić information content (AvgIpc) is 3.42. The number of likely N-dealkylation sites (tertiary alicyclic amines) is 1. The van der Waals surface area contributed by atoms with Crippen LogP contribution in [0.25, 0.3) is 0 Å². The molecule has 0 bridgehead atoms. The van der Waals surface area contributed by atoms with E-state index in [-0.39, 0.29) is 36.1 Å². The van der Waals surface area contributed by atoms with E-state index in [0.717, 1.165) is 38.4 Å². The van der Waals surface area contributed by atoms with Gasteiger partial charge >= 0.3 is 6.09 Å². The van der Waals surface area contributed by atoms with Crippen LogP contribution in [0, 0.1) is 12.8 Å². The Bertz CT molecular complexity index is 736. The van der Waals surface area contributed by atoms with Crippen molar-refractivity contribution in [2.75, 3.05) is 33.2 Å². The molecule has 0 atom stereocenters. The zero-order valence-corrected chi connectivity index (χ0v) is 21.7. The predicted molar refractivity (Wildman–Crippen MR) is 130 cm³/mol. The molecular weight excluding hydrogens is 511 g/mol. The quantitative estimate of drug-likeness (QED) is 0.331. The smallest absolute Gasteiger partial charge is 0.410 e. The third kappa shape index (κ3) is 8.12. The molecule has 1 N–H and O–H groups in total. The lowest BCUT2D eigenvalue weighted by Gasteiger charge is -2.40. The SMILES string of the molecule is CN=C(NCCc1nc(C)no1)N1CCC(N(CC2CC2)C(=O)OC(C)(C)C)CC1.I. The molecule has 2 fully saturated rings.